The van der Waals surface area contributed by atoms with Gasteiger partial charge in [-0.25, -0.2) is 9.97 Å². The second-order valence-electron chi connectivity index (χ2n) is 4.06. The molecule has 0 spiro atoms. The number of piperazine rings is 1. The summed E-state index contributed by atoms with van der Waals surface area (Å²) in [6.07, 6.45) is 1.36. The molecule has 1 fully saturated rings. The van der Waals surface area contributed by atoms with Crippen molar-refractivity contribution < 1.29 is 14.7 Å². The van der Waals surface area contributed by atoms with Gasteiger partial charge < -0.3 is 15.3 Å². The molecule has 0 bridgehead atoms. The first-order chi connectivity index (χ1) is 8.58. The standard InChI is InChI=1S/C11H14N4O3/c1-7-12-3-2-9(14-7)15-5-4-13-11(18)8(15)6-10(16)17/h2-3,8H,4-6H2,1H3,(H,13,18)(H,16,17). The fourth-order valence-corrected chi connectivity index (χ4v) is 1.96. The van der Waals surface area contributed by atoms with Crippen LogP contribution in [-0.4, -0.2) is 46.1 Å². The lowest BCUT2D eigenvalue weighted by Gasteiger charge is -2.35. The SMILES string of the molecule is Cc1nccc(N2CCNC(=O)C2CC(=O)O)n1. The van der Waals surface area contributed by atoms with Crippen LogP contribution in [-0.2, 0) is 9.59 Å². The summed E-state index contributed by atoms with van der Waals surface area (Å²) < 4.78 is 0. The van der Waals surface area contributed by atoms with Gasteiger partial charge in [0.05, 0.1) is 6.42 Å². The molecular formula is C11H14N4O3. The van der Waals surface area contributed by atoms with Gasteiger partial charge in [-0.2, -0.15) is 0 Å². The quantitative estimate of drug-likeness (QED) is 0.755. The van der Waals surface area contributed by atoms with Crippen LogP contribution in [0.15, 0.2) is 12.3 Å². The fraction of sp³-hybridized carbons (Fsp3) is 0.455. The van der Waals surface area contributed by atoms with Crippen LogP contribution in [0.1, 0.15) is 12.2 Å². The summed E-state index contributed by atoms with van der Waals surface area (Å²) in [7, 11) is 0. The highest BCUT2D eigenvalue weighted by atomic mass is 16.4. The molecule has 1 saturated heterocycles. The van der Waals surface area contributed by atoms with E-state index in [0.29, 0.717) is 24.7 Å². The Kier molecular flexibility index (Phi) is 3.40. The maximum atomic E-state index is 11.7. The summed E-state index contributed by atoms with van der Waals surface area (Å²) in [5.41, 5.74) is 0. The Morgan fingerprint density at radius 2 is 2.44 bits per heavy atom. The first-order valence-corrected chi connectivity index (χ1v) is 5.63. The molecule has 96 valence electrons. The normalized spacial score (nSPS) is 19.5. The number of aryl methyl sites for hydroxylation is 1. The molecular weight excluding hydrogens is 236 g/mol. The first-order valence-electron chi connectivity index (χ1n) is 5.63. The van der Waals surface area contributed by atoms with Crippen LogP contribution in [0, 0.1) is 6.92 Å². The van der Waals surface area contributed by atoms with Crippen LogP contribution in [0.25, 0.3) is 0 Å². The van der Waals surface area contributed by atoms with Crippen LogP contribution in [0.4, 0.5) is 5.82 Å². The van der Waals surface area contributed by atoms with Gasteiger partial charge in [-0.3, -0.25) is 9.59 Å². The van der Waals surface area contributed by atoms with Crippen molar-refractivity contribution in [3.8, 4) is 0 Å². The molecule has 0 aromatic carbocycles. The van der Waals surface area contributed by atoms with Gasteiger partial charge in [0, 0.05) is 19.3 Å². The smallest absolute Gasteiger partial charge is 0.305 e. The number of nitrogens with zero attached hydrogens (tertiary/aromatic N) is 3. The van der Waals surface area contributed by atoms with E-state index in [-0.39, 0.29) is 12.3 Å². The molecule has 18 heavy (non-hydrogen) atoms. The minimum absolute atomic E-state index is 0.241. The highest BCUT2D eigenvalue weighted by Crippen LogP contribution is 2.17. The van der Waals surface area contributed by atoms with Crippen molar-refractivity contribution in [1.82, 2.24) is 15.3 Å². The molecule has 0 aliphatic carbocycles. The van der Waals surface area contributed by atoms with Crippen molar-refractivity contribution in [2.75, 3.05) is 18.0 Å². The van der Waals surface area contributed by atoms with Gasteiger partial charge in [-0.15, -0.1) is 0 Å². The number of carbonyl (C=O) groups excluding carboxylic acids is 1. The van der Waals surface area contributed by atoms with Gasteiger partial charge in [0.2, 0.25) is 5.91 Å². The molecule has 1 atom stereocenters. The maximum absolute atomic E-state index is 11.7. The highest BCUT2D eigenvalue weighted by Gasteiger charge is 2.32. The van der Waals surface area contributed by atoms with Crippen molar-refractivity contribution in [3.63, 3.8) is 0 Å². The first kappa shape index (κ1) is 12.3. The van der Waals surface area contributed by atoms with E-state index < -0.39 is 12.0 Å². The molecule has 1 aromatic rings. The molecule has 7 heteroatoms. The zero-order valence-corrected chi connectivity index (χ0v) is 9.96. The lowest BCUT2D eigenvalue weighted by atomic mass is 10.1. The van der Waals surface area contributed by atoms with Crippen LogP contribution < -0.4 is 10.2 Å². The van der Waals surface area contributed by atoms with Crippen LogP contribution in [0.3, 0.4) is 0 Å². The Labute approximate surface area is 104 Å². The predicted molar refractivity (Wildman–Crippen MR) is 63.2 cm³/mol. The van der Waals surface area contributed by atoms with Gasteiger partial charge >= 0.3 is 5.97 Å². The van der Waals surface area contributed by atoms with Crippen molar-refractivity contribution in [1.29, 1.82) is 0 Å². The van der Waals surface area contributed by atoms with E-state index in [4.69, 9.17) is 5.11 Å². The Bertz CT molecular complexity index is 477. The number of hydrogen-bond donors (Lipinski definition) is 2. The summed E-state index contributed by atoms with van der Waals surface area (Å²) in [6.45, 7) is 2.78. The number of carboxylic acid groups (broad SMARTS) is 1. The maximum Gasteiger partial charge on any atom is 0.305 e. The summed E-state index contributed by atoms with van der Waals surface area (Å²) in [5.74, 6) is -0.107. The number of carboxylic acids is 1. The van der Waals surface area contributed by atoms with Crippen LogP contribution in [0.5, 0.6) is 0 Å². The zero-order chi connectivity index (χ0) is 13.1. The molecule has 1 unspecified atom stereocenters. The minimum Gasteiger partial charge on any atom is -0.481 e. The van der Waals surface area contributed by atoms with E-state index >= 15 is 0 Å². The summed E-state index contributed by atoms with van der Waals surface area (Å²) in [6, 6.07) is 0.964. The number of aliphatic carboxylic acids is 1. The Morgan fingerprint density at radius 1 is 1.67 bits per heavy atom. The molecule has 0 radical (unpaired) electrons. The number of amides is 1. The van der Waals surface area contributed by atoms with Gasteiger partial charge in [0.25, 0.3) is 0 Å². The van der Waals surface area contributed by atoms with E-state index in [0.717, 1.165) is 0 Å². The molecule has 1 aliphatic heterocycles. The molecule has 0 saturated carbocycles. The highest BCUT2D eigenvalue weighted by molar-refractivity contribution is 5.90. The monoisotopic (exact) mass is 250 g/mol. The molecule has 2 heterocycles. The molecule has 1 aliphatic rings. The number of nitrogens with one attached hydrogen (secondary N) is 1. The number of aromatic nitrogens is 2. The number of hydrogen-bond acceptors (Lipinski definition) is 5. The molecule has 1 amide bonds. The largest absolute Gasteiger partial charge is 0.481 e. The van der Waals surface area contributed by atoms with Crippen molar-refractivity contribution in [3.05, 3.63) is 18.1 Å². The van der Waals surface area contributed by atoms with E-state index in [9.17, 15) is 9.59 Å². The van der Waals surface area contributed by atoms with Crippen LogP contribution >= 0.6 is 0 Å². The van der Waals surface area contributed by atoms with Crippen molar-refractivity contribution in [2.24, 2.45) is 0 Å². The van der Waals surface area contributed by atoms with E-state index in [1.807, 2.05) is 0 Å². The second-order valence-corrected chi connectivity index (χ2v) is 4.06. The predicted octanol–water partition coefficient (Wildman–Crippen LogP) is -0.435. The number of carbonyl (C=O) groups is 2. The molecule has 7 nitrogen and oxygen atoms in total. The third kappa shape index (κ3) is 2.55. The minimum atomic E-state index is -1.01. The lowest BCUT2D eigenvalue weighted by Crippen LogP contribution is -2.56. The van der Waals surface area contributed by atoms with Crippen LogP contribution in [0.2, 0.25) is 0 Å². The van der Waals surface area contributed by atoms with Gasteiger partial charge in [-0.1, -0.05) is 0 Å². The molecule has 1 aromatic heterocycles. The molecule has 2 rings (SSSR count). The average molecular weight is 250 g/mol. The Hall–Kier alpha value is -2.18. The summed E-state index contributed by atoms with van der Waals surface area (Å²) >= 11 is 0. The van der Waals surface area contributed by atoms with Crippen molar-refractivity contribution in [2.45, 2.75) is 19.4 Å². The zero-order valence-electron chi connectivity index (χ0n) is 9.96. The third-order valence-electron chi connectivity index (χ3n) is 2.75. The molecule has 2 N–H and O–H groups in total. The summed E-state index contributed by atoms with van der Waals surface area (Å²) in [4.78, 5) is 32.5. The van der Waals surface area contributed by atoms with Gasteiger partial charge in [-0.05, 0) is 13.0 Å². The van der Waals surface area contributed by atoms with Gasteiger partial charge in [0.15, 0.2) is 0 Å². The van der Waals surface area contributed by atoms with E-state index in [1.54, 1.807) is 24.1 Å². The lowest BCUT2D eigenvalue weighted by molar-refractivity contribution is -0.139. The average Bonchev–Trinajstić information content (AvgIpc) is 2.31. The van der Waals surface area contributed by atoms with E-state index in [1.165, 1.54) is 0 Å². The topological polar surface area (TPSA) is 95.4 Å². The Balaban J connectivity index is 2.27. The Morgan fingerprint density at radius 3 is 3.11 bits per heavy atom. The second kappa shape index (κ2) is 4.99. The number of rotatable bonds is 3. The number of anilines is 1. The third-order valence-corrected chi connectivity index (χ3v) is 2.75. The van der Waals surface area contributed by atoms with E-state index in [2.05, 4.69) is 15.3 Å². The summed E-state index contributed by atoms with van der Waals surface area (Å²) in [5, 5.41) is 11.5. The van der Waals surface area contributed by atoms with Crippen molar-refractivity contribution >= 4 is 17.7 Å². The van der Waals surface area contributed by atoms with Gasteiger partial charge in [0.1, 0.15) is 17.7 Å². The fourth-order valence-electron chi connectivity index (χ4n) is 1.96.